The highest BCUT2D eigenvalue weighted by atomic mass is 32.1. The molecule has 0 fully saturated rings. The van der Waals surface area contributed by atoms with E-state index >= 15 is 0 Å². The van der Waals surface area contributed by atoms with Crippen molar-refractivity contribution in [1.82, 2.24) is 4.98 Å². The van der Waals surface area contributed by atoms with Gasteiger partial charge in [0.15, 0.2) is 0 Å². The molecule has 2 nitrogen and oxygen atoms in total. The lowest BCUT2D eigenvalue weighted by Gasteiger charge is -2.13. The number of aromatic nitrogens is 1. The van der Waals surface area contributed by atoms with Gasteiger partial charge in [0, 0.05) is 10.4 Å². The molecule has 0 spiro atoms. The molecule has 0 radical (unpaired) electrons. The van der Waals surface area contributed by atoms with Crippen molar-refractivity contribution in [2.45, 2.75) is 33.2 Å². The quantitative estimate of drug-likeness (QED) is 0.879. The lowest BCUT2D eigenvalue weighted by Crippen LogP contribution is -2.28. The highest BCUT2D eigenvalue weighted by molar-refractivity contribution is 7.12. The summed E-state index contributed by atoms with van der Waals surface area (Å²) < 4.78 is 0. The fourth-order valence-electron chi connectivity index (χ4n) is 1.65. The zero-order valence-corrected chi connectivity index (χ0v) is 11.6. The third kappa shape index (κ3) is 2.56. The Balaban J connectivity index is 2.46. The number of nitrogens with two attached hydrogens (primary N) is 1. The minimum Gasteiger partial charge on any atom is -0.320 e. The van der Waals surface area contributed by atoms with Gasteiger partial charge in [0.05, 0.1) is 11.2 Å². The van der Waals surface area contributed by atoms with Crippen molar-refractivity contribution < 1.29 is 0 Å². The zero-order chi connectivity index (χ0) is 12.6. The number of thiazole rings is 1. The van der Waals surface area contributed by atoms with E-state index in [1.54, 1.807) is 11.3 Å². The van der Waals surface area contributed by atoms with Crippen molar-refractivity contribution in [3.05, 3.63) is 39.7 Å². The Bertz CT molecular complexity index is 518. The van der Waals surface area contributed by atoms with Crippen molar-refractivity contribution in [3.8, 4) is 11.3 Å². The number of nitrogens with zero attached hydrogens (tertiary/aromatic N) is 1. The van der Waals surface area contributed by atoms with E-state index in [9.17, 15) is 0 Å². The van der Waals surface area contributed by atoms with Crippen LogP contribution in [0.25, 0.3) is 11.3 Å². The van der Waals surface area contributed by atoms with E-state index in [4.69, 9.17) is 5.73 Å². The first-order valence-electron chi connectivity index (χ1n) is 5.72. The third-order valence-corrected chi connectivity index (χ3v) is 3.98. The molecule has 2 N–H and O–H groups in total. The molecule has 0 saturated carbocycles. The van der Waals surface area contributed by atoms with Gasteiger partial charge in [-0.1, -0.05) is 29.8 Å². The Morgan fingerprint density at radius 2 is 1.71 bits per heavy atom. The second-order valence-corrected chi connectivity index (χ2v) is 6.21. The molecule has 1 heterocycles. The maximum atomic E-state index is 6.09. The summed E-state index contributed by atoms with van der Waals surface area (Å²) in [6, 6.07) is 8.46. The molecule has 2 rings (SSSR count). The van der Waals surface area contributed by atoms with Crippen molar-refractivity contribution in [2.24, 2.45) is 5.73 Å². The standard InChI is InChI=1S/C14H18N2S/c1-9-5-7-11(8-6-9)12-10(2)17-13(16-12)14(3,4)15/h5-8H,15H2,1-4H3. The van der Waals surface area contributed by atoms with Gasteiger partial charge in [-0.25, -0.2) is 4.98 Å². The summed E-state index contributed by atoms with van der Waals surface area (Å²) in [5.74, 6) is 0. The van der Waals surface area contributed by atoms with Crippen LogP contribution in [-0.4, -0.2) is 4.98 Å². The SMILES string of the molecule is Cc1ccc(-c2nc(C(C)(C)N)sc2C)cc1. The molecule has 90 valence electrons. The molecule has 0 aliphatic heterocycles. The molecule has 2 aromatic rings. The van der Waals surface area contributed by atoms with E-state index in [0.717, 1.165) is 10.7 Å². The van der Waals surface area contributed by atoms with Crippen LogP contribution in [0.2, 0.25) is 0 Å². The number of benzene rings is 1. The Labute approximate surface area is 107 Å². The average Bonchev–Trinajstić information content (AvgIpc) is 2.61. The summed E-state index contributed by atoms with van der Waals surface area (Å²) in [6.45, 7) is 8.17. The van der Waals surface area contributed by atoms with E-state index < -0.39 is 0 Å². The van der Waals surface area contributed by atoms with Gasteiger partial charge in [-0.2, -0.15) is 0 Å². The van der Waals surface area contributed by atoms with Crippen LogP contribution >= 0.6 is 11.3 Å². The van der Waals surface area contributed by atoms with Crippen LogP contribution in [0, 0.1) is 13.8 Å². The molecule has 0 saturated heterocycles. The van der Waals surface area contributed by atoms with Gasteiger partial charge in [-0.05, 0) is 27.7 Å². The smallest absolute Gasteiger partial charge is 0.113 e. The fraction of sp³-hybridized carbons (Fsp3) is 0.357. The van der Waals surface area contributed by atoms with E-state index in [-0.39, 0.29) is 5.54 Å². The average molecular weight is 246 g/mol. The summed E-state index contributed by atoms with van der Waals surface area (Å²) in [4.78, 5) is 5.90. The van der Waals surface area contributed by atoms with Crippen LogP contribution in [0.4, 0.5) is 0 Å². The van der Waals surface area contributed by atoms with E-state index in [1.165, 1.54) is 16.0 Å². The van der Waals surface area contributed by atoms with Gasteiger partial charge in [-0.15, -0.1) is 11.3 Å². The van der Waals surface area contributed by atoms with Gasteiger partial charge >= 0.3 is 0 Å². The van der Waals surface area contributed by atoms with Crippen LogP contribution in [0.15, 0.2) is 24.3 Å². The molecule has 0 aliphatic rings. The fourth-order valence-corrected chi connectivity index (χ4v) is 2.60. The van der Waals surface area contributed by atoms with Gasteiger partial charge in [0.25, 0.3) is 0 Å². The van der Waals surface area contributed by atoms with Crippen molar-refractivity contribution in [1.29, 1.82) is 0 Å². The molecule has 0 bridgehead atoms. The maximum absolute atomic E-state index is 6.09. The summed E-state index contributed by atoms with van der Waals surface area (Å²) in [5, 5.41) is 0.991. The van der Waals surface area contributed by atoms with E-state index in [0.29, 0.717) is 0 Å². The lowest BCUT2D eigenvalue weighted by atomic mass is 10.1. The van der Waals surface area contributed by atoms with Crippen molar-refractivity contribution in [3.63, 3.8) is 0 Å². The predicted molar refractivity (Wildman–Crippen MR) is 74.2 cm³/mol. The monoisotopic (exact) mass is 246 g/mol. The number of aryl methyl sites for hydroxylation is 2. The molecule has 3 heteroatoms. The highest BCUT2D eigenvalue weighted by Gasteiger charge is 2.20. The van der Waals surface area contributed by atoms with Crippen LogP contribution in [-0.2, 0) is 5.54 Å². The highest BCUT2D eigenvalue weighted by Crippen LogP contribution is 2.31. The normalized spacial score (nSPS) is 11.8. The van der Waals surface area contributed by atoms with Crippen LogP contribution in [0.1, 0.15) is 29.3 Å². The minimum absolute atomic E-state index is 0.363. The molecule has 1 aromatic heterocycles. The Hall–Kier alpha value is -1.19. The number of hydrogen-bond acceptors (Lipinski definition) is 3. The summed E-state index contributed by atoms with van der Waals surface area (Å²) >= 11 is 1.68. The third-order valence-electron chi connectivity index (χ3n) is 2.67. The zero-order valence-electron chi connectivity index (χ0n) is 10.7. The van der Waals surface area contributed by atoms with E-state index in [1.807, 2.05) is 13.8 Å². The largest absolute Gasteiger partial charge is 0.320 e. The van der Waals surface area contributed by atoms with Gasteiger partial charge in [0.1, 0.15) is 5.01 Å². The topological polar surface area (TPSA) is 38.9 Å². The molecule has 0 aliphatic carbocycles. The summed E-state index contributed by atoms with van der Waals surface area (Å²) in [5.41, 5.74) is 9.22. The minimum atomic E-state index is -0.363. The molecular formula is C14H18N2S. The maximum Gasteiger partial charge on any atom is 0.113 e. The number of rotatable bonds is 2. The summed E-state index contributed by atoms with van der Waals surface area (Å²) in [7, 11) is 0. The summed E-state index contributed by atoms with van der Waals surface area (Å²) in [6.07, 6.45) is 0. The van der Waals surface area contributed by atoms with Crippen molar-refractivity contribution >= 4 is 11.3 Å². The molecule has 1 aromatic carbocycles. The van der Waals surface area contributed by atoms with Crippen LogP contribution in [0.5, 0.6) is 0 Å². The predicted octanol–water partition coefficient (Wildman–Crippen LogP) is 3.62. The molecule has 17 heavy (non-hydrogen) atoms. The molecular weight excluding hydrogens is 228 g/mol. The van der Waals surface area contributed by atoms with Gasteiger partial charge in [0.2, 0.25) is 0 Å². The first-order chi connectivity index (χ1) is 7.88. The van der Waals surface area contributed by atoms with Crippen LogP contribution < -0.4 is 5.73 Å². The first kappa shape index (κ1) is 12.3. The Morgan fingerprint density at radius 3 is 2.18 bits per heavy atom. The first-order valence-corrected chi connectivity index (χ1v) is 6.53. The second-order valence-electron chi connectivity index (χ2n) is 5.01. The van der Waals surface area contributed by atoms with Gasteiger partial charge < -0.3 is 5.73 Å². The lowest BCUT2D eigenvalue weighted by molar-refractivity contribution is 0.551. The Kier molecular flexibility index (Phi) is 3.06. The second kappa shape index (κ2) is 4.24. The van der Waals surface area contributed by atoms with Gasteiger partial charge in [-0.3, -0.25) is 0 Å². The number of hydrogen-bond donors (Lipinski definition) is 1. The molecule has 0 atom stereocenters. The van der Waals surface area contributed by atoms with E-state index in [2.05, 4.69) is 43.1 Å². The van der Waals surface area contributed by atoms with Crippen LogP contribution in [0.3, 0.4) is 0 Å². The van der Waals surface area contributed by atoms with Crippen molar-refractivity contribution in [2.75, 3.05) is 0 Å². The Morgan fingerprint density at radius 1 is 1.12 bits per heavy atom. The molecule has 0 amide bonds. The molecule has 0 unspecified atom stereocenters.